The Labute approximate surface area is 148 Å². The molecule has 2 aromatic carbocycles. The molecule has 2 amide bonds. The summed E-state index contributed by atoms with van der Waals surface area (Å²) in [4.78, 5) is 26.1. The molecule has 0 bridgehead atoms. The number of carbonyl (C=O) groups is 2. The number of ether oxygens (including phenoxy) is 1. The number of likely N-dealkylation sites (N-methyl/N-ethyl adjacent to an activating group) is 1. The monoisotopic (exact) mass is 340 g/mol. The van der Waals surface area contributed by atoms with Gasteiger partial charge in [-0.25, -0.2) is 0 Å². The topological polar surface area (TPSA) is 58.6 Å². The number of hydrogen-bond acceptors (Lipinski definition) is 3. The van der Waals surface area contributed by atoms with Gasteiger partial charge in [0.2, 0.25) is 5.91 Å². The molecule has 0 aromatic heterocycles. The maximum absolute atomic E-state index is 12.4. The van der Waals surface area contributed by atoms with Crippen LogP contribution in [0.4, 0.5) is 5.69 Å². The van der Waals surface area contributed by atoms with Crippen molar-refractivity contribution < 1.29 is 14.3 Å². The third kappa shape index (κ3) is 4.83. The molecule has 1 N–H and O–H groups in total. The van der Waals surface area contributed by atoms with Crippen molar-refractivity contribution in [3.05, 3.63) is 59.2 Å². The summed E-state index contributed by atoms with van der Waals surface area (Å²) in [5.41, 5.74) is 3.42. The Morgan fingerprint density at radius 3 is 2.40 bits per heavy atom. The van der Waals surface area contributed by atoms with E-state index < -0.39 is 0 Å². The van der Waals surface area contributed by atoms with E-state index in [2.05, 4.69) is 5.32 Å². The Bertz CT molecular complexity index is 754. The first kappa shape index (κ1) is 18.5. The summed E-state index contributed by atoms with van der Waals surface area (Å²) in [6.07, 6.45) is 0. The van der Waals surface area contributed by atoms with Crippen LogP contribution in [0.5, 0.6) is 5.75 Å². The number of benzene rings is 2. The van der Waals surface area contributed by atoms with Gasteiger partial charge in [0, 0.05) is 18.3 Å². The maximum Gasteiger partial charge on any atom is 0.254 e. The van der Waals surface area contributed by atoms with E-state index in [-0.39, 0.29) is 18.4 Å². The van der Waals surface area contributed by atoms with Crippen LogP contribution < -0.4 is 10.1 Å². The van der Waals surface area contributed by atoms with Gasteiger partial charge >= 0.3 is 0 Å². The number of hydrogen-bond donors (Lipinski definition) is 1. The lowest BCUT2D eigenvalue weighted by molar-refractivity contribution is -0.116. The van der Waals surface area contributed by atoms with E-state index in [0.29, 0.717) is 12.2 Å². The molecule has 2 rings (SSSR count). The predicted octanol–water partition coefficient (Wildman–Crippen LogP) is 3.41. The minimum atomic E-state index is -0.226. The number of anilines is 1. The lowest BCUT2D eigenvalue weighted by Crippen LogP contribution is -2.35. The molecule has 0 fully saturated rings. The van der Waals surface area contributed by atoms with Gasteiger partial charge in [-0.2, -0.15) is 0 Å². The second-order valence-electron chi connectivity index (χ2n) is 5.91. The Balaban J connectivity index is 1.98. The third-order valence-corrected chi connectivity index (χ3v) is 4.02. The van der Waals surface area contributed by atoms with Gasteiger partial charge in [-0.3, -0.25) is 9.59 Å². The smallest absolute Gasteiger partial charge is 0.254 e. The van der Waals surface area contributed by atoms with Crippen LogP contribution in [0.1, 0.15) is 28.4 Å². The molecule has 132 valence electrons. The van der Waals surface area contributed by atoms with Crippen molar-refractivity contribution in [2.24, 2.45) is 0 Å². The Morgan fingerprint density at radius 1 is 1.08 bits per heavy atom. The van der Waals surface area contributed by atoms with Crippen molar-refractivity contribution in [1.29, 1.82) is 0 Å². The molecule has 0 saturated heterocycles. The number of rotatable bonds is 6. The lowest BCUT2D eigenvalue weighted by Gasteiger charge is -2.18. The molecule has 25 heavy (non-hydrogen) atoms. The molecule has 0 unspecified atom stereocenters. The lowest BCUT2D eigenvalue weighted by atomic mass is 10.1. The zero-order valence-electron chi connectivity index (χ0n) is 15.1. The second-order valence-corrected chi connectivity index (χ2v) is 5.91. The van der Waals surface area contributed by atoms with Gasteiger partial charge in [0.1, 0.15) is 5.75 Å². The summed E-state index contributed by atoms with van der Waals surface area (Å²) >= 11 is 0. The number of aryl methyl sites for hydroxylation is 1. The molecule has 0 heterocycles. The summed E-state index contributed by atoms with van der Waals surface area (Å²) in [6, 6.07) is 12.6. The van der Waals surface area contributed by atoms with Crippen molar-refractivity contribution in [3.8, 4) is 5.75 Å². The van der Waals surface area contributed by atoms with Gasteiger partial charge in [0.25, 0.3) is 5.91 Å². The van der Waals surface area contributed by atoms with Gasteiger partial charge in [-0.1, -0.05) is 12.1 Å². The molecular weight excluding hydrogens is 316 g/mol. The largest absolute Gasteiger partial charge is 0.494 e. The van der Waals surface area contributed by atoms with Crippen LogP contribution in [0.3, 0.4) is 0 Å². The average molecular weight is 340 g/mol. The minimum absolute atomic E-state index is 0.0145. The highest BCUT2D eigenvalue weighted by atomic mass is 16.5. The number of amides is 2. The second kappa shape index (κ2) is 8.33. The van der Waals surface area contributed by atoms with Gasteiger partial charge in [0.05, 0.1) is 13.2 Å². The molecule has 2 aromatic rings. The predicted molar refractivity (Wildman–Crippen MR) is 99.1 cm³/mol. The summed E-state index contributed by atoms with van der Waals surface area (Å²) in [6.45, 7) is 6.42. The van der Waals surface area contributed by atoms with E-state index in [1.807, 2.05) is 39.0 Å². The van der Waals surface area contributed by atoms with E-state index >= 15 is 0 Å². The molecule has 0 atom stereocenters. The zero-order chi connectivity index (χ0) is 18.4. The first-order valence-corrected chi connectivity index (χ1v) is 8.26. The fraction of sp³-hybridized carbons (Fsp3) is 0.300. The van der Waals surface area contributed by atoms with E-state index in [1.165, 1.54) is 4.90 Å². The summed E-state index contributed by atoms with van der Waals surface area (Å²) in [5, 5.41) is 2.86. The fourth-order valence-electron chi connectivity index (χ4n) is 2.44. The maximum atomic E-state index is 12.4. The molecule has 0 aliphatic rings. The normalized spacial score (nSPS) is 10.2. The minimum Gasteiger partial charge on any atom is -0.494 e. The number of carbonyl (C=O) groups excluding carboxylic acids is 2. The van der Waals surface area contributed by atoms with Crippen molar-refractivity contribution >= 4 is 17.5 Å². The molecule has 0 saturated carbocycles. The van der Waals surface area contributed by atoms with Crippen LogP contribution in [0.25, 0.3) is 0 Å². The van der Waals surface area contributed by atoms with Crippen molar-refractivity contribution in [3.63, 3.8) is 0 Å². The van der Waals surface area contributed by atoms with Gasteiger partial charge in [-0.15, -0.1) is 0 Å². The molecule has 5 heteroatoms. The summed E-state index contributed by atoms with van der Waals surface area (Å²) in [5.74, 6) is 0.281. The van der Waals surface area contributed by atoms with Gasteiger partial charge in [-0.05, 0) is 62.2 Å². The molecule has 5 nitrogen and oxygen atoms in total. The van der Waals surface area contributed by atoms with E-state index in [4.69, 9.17) is 4.74 Å². The van der Waals surface area contributed by atoms with E-state index in [1.54, 1.807) is 31.3 Å². The highest BCUT2D eigenvalue weighted by molar-refractivity contribution is 5.99. The molecule has 0 spiro atoms. The van der Waals surface area contributed by atoms with Crippen LogP contribution in [0.2, 0.25) is 0 Å². The van der Waals surface area contributed by atoms with Crippen LogP contribution in [-0.4, -0.2) is 36.9 Å². The van der Waals surface area contributed by atoms with Gasteiger partial charge < -0.3 is 15.0 Å². The van der Waals surface area contributed by atoms with Crippen molar-refractivity contribution in [2.75, 3.05) is 25.5 Å². The summed E-state index contributed by atoms with van der Waals surface area (Å²) < 4.78 is 5.36. The van der Waals surface area contributed by atoms with Crippen LogP contribution in [0.15, 0.2) is 42.5 Å². The Kier molecular flexibility index (Phi) is 6.17. The fourth-order valence-corrected chi connectivity index (χ4v) is 2.44. The Hall–Kier alpha value is -2.82. The molecular formula is C20H24N2O3. The van der Waals surface area contributed by atoms with Crippen molar-refractivity contribution in [2.45, 2.75) is 20.8 Å². The zero-order valence-corrected chi connectivity index (χ0v) is 15.1. The standard InChI is InChI=1S/C20H24N2O3/c1-5-25-17-11-9-16(10-12-17)20(24)22(4)13-19(23)21-18-8-6-7-14(2)15(18)3/h6-12H,5,13H2,1-4H3,(H,21,23). The van der Waals surface area contributed by atoms with Gasteiger partial charge in [0.15, 0.2) is 0 Å². The molecule has 0 aliphatic carbocycles. The van der Waals surface area contributed by atoms with E-state index in [0.717, 1.165) is 22.6 Å². The highest BCUT2D eigenvalue weighted by Gasteiger charge is 2.15. The average Bonchev–Trinajstić information content (AvgIpc) is 2.59. The van der Waals surface area contributed by atoms with Crippen molar-refractivity contribution in [1.82, 2.24) is 4.90 Å². The SMILES string of the molecule is CCOc1ccc(C(=O)N(C)CC(=O)Nc2cccc(C)c2C)cc1. The number of nitrogens with zero attached hydrogens (tertiary/aromatic N) is 1. The summed E-state index contributed by atoms with van der Waals surface area (Å²) in [7, 11) is 1.61. The molecule has 0 radical (unpaired) electrons. The quantitative estimate of drug-likeness (QED) is 0.877. The third-order valence-electron chi connectivity index (χ3n) is 4.02. The van der Waals surface area contributed by atoms with Crippen LogP contribution in [-0.2, 0) is 4.79 Å². The highest BCUT2D eigenvalue weighted by Crippen LogP contribution is 2.18. The first-order valence-electron chi connectivity index (χ1n) is 8.26. The Morgan fingerprint density at radius 2 is 1.76 bits per heavy atom. The number of nitrogens with one attached hydrogen (secondary N) is 1. The van der Waals surface area contributed by atoms with Crippen LogP contribution >= 0.6 is 0 Å². The first-order chi connectivity index (χ1) is 11.9. The molecule has 0 aliphatic heterocycles. The van der Waals surface area contributed by atoms with E-state index in [9.17, 15) is 9.59 Å². The van der Waals surface area contributed by atoms with Crippen LogP contribution in [0, 0.1) is 13.8 Å².